The third-order valence-corrected chi connectivity index (χ3v) is 4.33. The number of carbonyl (C=O) groups excluding carboxylic acids is 1. The van der Waals surface area contributed by atoms with Crippen molar-refractivity contribution in [3.05, 3.63) is 41.9 Å². The molecule has 0 spiro atoms. The molecule has 1 atom stereocenters. The fourth-order valence-electron chi connectivity index (χ4n) is 2.64. The summed E-state index contributed by atoms with van der Waals surface area (Å²) in [5.41, 5.74) is 2.49. The molecule has 26 heavy (non-hydrogen) atoms. The van der Waals surface area contributed by atoms with E-state index in [1.54, 1.807) is 13.0 Å². The lowest BCUT2D eigenvalue weighted by atomic mass is 10.2. The maximum absolute atomic E-state index is 12.3. The first-order chi connectivity index (χ1) is 12.5. The first-order valence-electron chi connectivity index (χ1n) is 9.25. The second-order valence-electron chi connectivity index (χ2n) is 6.31. The molecule has 6 nitrogen and oxygen atoms in total. The van der Waals surface area contributed by atoms with Crippen LogP contribution >= 0.6 is 0 Å². The third-order valence-electron chi connectivity index (χ3n) is 4.33. The van der Waals surface area contributed by atoms with E-state index in [1.165, 1.54) is 5.69 Å². The molecule has 0 aliphatic rings. The van der Waals surface area contributed by atoms with E-state index in [9.17, 15) is 4.79 Å². The summed E-state index contributed by atoms with van der Waals surface area (Å²) in [4.78, 5) is 23.3. The van der Waals surface area contributed by atoms with E-state index < -0.39 is 0 Å². The van der Waals surface area contributed by atoms with Crippen molar-refractivity contribution in [3.63, 3.8) is 0 Å². The van der Waals surface area contributed by atoms with Crippen LogP contribution < -0.4 is 15.5 Å². The van der Waals surface area contributed by atoms with Gasteiger partial charge in [-0.25, -0.2) is 9.97 Å². The SMILES string of the molecule is CCC(C)NC(=O)c1cc(Nc2ccc(N(CC)CC)cc2)nc(C)n1. The molecule has 0 aliphatic heterocycles. The van der Waals surface area contributed by atoms with Crippen molar-refractivity contribution in [2.75, 3.05) is 23.3 Å². The van der Waals surface area contributed by atoms with Crippen LogP contribution in [0.2, 0.25) is 0 Å². The second kappa shape index (κ2) is 9.17. The molecule has 0 saturated carbocycles. The highest BCUT2D eigenvalue weighted by Gasteiger charge is 2.12. The van der Waals surface area contributed by atoms with Crippen molar-refractivity contribution in [2.24, 2.45) is 0 Å². The first kappa shape index (κ1) is 19.7. The average molecular weight is 355 g/mol. The number of hydrogen-bond donors (Lipinski definition) is 2. The van der Waals surface area contributed by atoms with Gasteiger partial charge in [0.2, 0.25) is 0 Å². The predicted molar refractivity (Wildman–Crippen MR) is 107 cm³/mol. The summed E-state index contributed by atoms with van der Waals surface area (Å²) >= 11 is 0. The fourth-order valence-corrected chi connectivity index (χ4v) is 2.64. The van der Waals surface area contributed by atoms with Crippen LogP contribution in [0.4, 0.5) is 17.2 Å². The van der Waals surface area contributed by atoms with Crippen LogP contribution in [0.15, 0.2) is 30.3 Å². The summed E-state index contributed by atoms with van der Waals surface area (Å²) in [5, 5.41) is 6.19. The molecule has 6 heteroatoms. The molecule has 0 bridgehead atoms. The van der Waals surface area contributed by atoms with Gasteiger partial charge in [-0.3, -0.25) is 4.79 Å². The molecule has 2 aromatic rings. The van der Waals surface area contributed by atoms with Gasteiger partial charge in [0.1, 0.15) is 17.3 Å². The van der Waals surface area contributed by atoms with Crippen molar-refractivity contribution in [2.45, 2.75) is 47.1 Å². The smallest absolute Gasteiger partial charge is 0.270 e. The molecule has 1 heterocycles. The Morgan fingerprint density at radius 2 is 1.77 bits per heavy atom. The maximum atomic E-state index is 12.3. The summed E-state index contributed by atoms with van der Waals surface area (Å²) in [5.74, 6) is 0.997. The van der Waals surface area contributed by atoms with Gasteiger partial charge < -0.3 is 15.5 Å². The van der Waals surface area contributed by atoms with Crippen molar-refractivity contribution in [1.29, 1.82) is 0 Å². The number of amides is 1. The van der Waals surface area contributed by atoms with Crippen molar-refractivity contribution in [3.8, 4) is 0 Å². The van der Waals surface area contributed by atoms with Gasteiger partial charge in [0.25, 0.3) is 5.91 Å². The maximum Gasteiger partial charge on any atom is 0.270 e. The first-order valence-corrected chi connectivity index (χ1v) is 9.25. The van der Waals surface area contributed by atoms with Crippen LogP contribution in [0.1, 0.15) is 50.4 Å². The minimum atomic E-state index is -0.176. The van der Waals surface area contributed by atoms with Crippen LogP contribution in [-0.4, -0.2) is 35.0 Å². The second-order valence-corrected chi connectivity index (χ2v) is 6.31. The molecule has 1 unspecified atom stereocenters. The number of carbonyl (C=O) groups is 1. The zero-order valence-electron chi connectivity index (χ0n) is 16.3. The molecule has 0 fully saturated rings. The summed E-state index contributed by atoms with van der Waals surface area (Å²) < 4.78 is 0. The van der Waals surface area contributed by atoms with Gasteiger partial charge >= 0.3 is 0 Å². The number of aryl methyl sites for hydroxylation is 1. The zero-order chi connectivity index (χ0) is 19.1. The Hall–Kier alpha value is -2.63. The molecule has 0 saturated heterocycles. The minimum absolute atomic E-state index is 0.113. The van der Waals surface area contributed by atoms with Crippen LogP contribution in [0.3, 0.4) is 0 Å². The summed E-state index contributed by atoms with van der Waals surface area (Å²) in [7, 11) is 0. The number of rotatable bonds is 8. The predicted octanol–water partition coefficient (Wildman–Crippen LogP) is 3.90. The number of hydrogen-bond acceptors (Lipinski definition) is 5. The van der Waals surface area contributed by atoms with E-state index in [0.717, 1.165) is 25.2 Å². The van der Waals surface area contributed by atoms with Crippen LogP contribution in [-0.2, 0) is 0 Å². The number of anilines is 3. The van der Waals surface area contributed by atoms with E-state index in [-0.39, 0.29) is 11.9 Å². The highest BCUT2D eigenvalue weighted by Crippen LogP contribution is 2.20. The molecule has 1 amide bonds. The van der Waals surface area contributed by atoms with Gasteiger partial charge in [-0.2, -0.15) is 0 Å². The largest absolute Gasteiger partial charge is 0.372 e. The van der Waals surface area contributed by atoms with Crippen molar-refractivity contribution in [1.82, 2.24) is 15.3 Å². The van der Waals surface area contributed by atoms with Crippen molar-refractivity contribution >= 4 is 23.1 Å². The van der Waals surface area contributed by atoms with E-state index in [4.69, 9.17) is 0 Å². The number of benzene rings is 1. The van der Waals surface area contributed by atoms with E-state index >= 15 is 0 Å². The molecule has 1 aromatic heterocycles. The fraction of sp³-hybridized carbons (Fsp3) is 0.450. The van der Waals surface area contributed by atoms with Gasteiger partial charge in [0.15, 0.2) is 0 Å². The van der Waals surface area contributed by atoms with E-state index in [1.807, 2.05) is 26.0 Å². The normalized spacial score (nSPS) is 11.7. The monoisotopic (exact) mass is 355 g/mol. The molecule has 2 rings (SSSR count). The lowest BCUT2D eigenvalue weighted by molar-refractivity contribution is 0.0934. The summed E-state index contributed by atoms with van der Waals surface area (Å²) in [6, 6.07) is 10.00. The van der Waals surface area contributed by atoms with Gasteiger partial charge in [0, 0.05) is 36.6 Å². The van der Waals surface area contributed by atoms with Crippen LogP contribution in [0.25, 0.3) is 0 Å². The lowest BCUT2D eigenvalue weighted by Gasteiger charge is -2.21. The number of nitrogens with one attached hydrogen (secondary N) is 2. The minimum Gasteiger partial charge on any atom is -0.372 e. The molecular weight excluding hydrogens is 326 g/mol. The Balaban J connectivity index is 2.15. The highest BCUT2D eigenvalue weighted by atomic mass is 16.1. The Bertz CT molecular complexity index is 725. The van der Waals surface area contributed by atoms with Crippen LogP contribution in [0.5, 0.6) is 0 Å². The van der Waals surface area contributed by atoms with E-state index in [2.05, 4.69) is 51.5 Å². The Labute approximate surface area is 156 Å². The Kier molecular flexibility index (Phi) is 6.95. The van der Waals surface area contributed by atoms with Gasteiger partial charge in [-0.05, 0) is 58.4 Å². The molecule has 0 radical (unpaired) electrons. The highest BCUT2D eigenvalue weighted by molar-refractivity contribution is 5.93. The Morgan fingerprint density at radius 1 is 1.12 bits per heavy atom. The number of nitrogens with zero attached hydrogens (tertiary/aromatic N) is 3. The van der Waals surface area contributed by atoms with Gasteiger partial charge in [0.05, 0.1) is 0 Å². The summed E-state index contributed by atoms with van der Waals surface area (Å²) in [6.07, 6.45) is 0.875. The van der Waals surface area contributed by atoms with Gasteiger partial charge in [-0.15, -0.1) is 0 Å². The molecular formula is C20H29N5O. The molecule has 1 aromatic carbocycles. The zero-order valence-corrected chi connectivity index (χ0v) is 16.3. The van der Waals surface area contributed by atoms with Gasteiger partial charge in [-0.1, -0.05) is 6.92 Å². The molecule has 140 valence electrons. The molecule has 0 aliphatic carbocycles. The van der Waals surface area contributed by atoms with E-state index in [0.29, 0.717) is 17.3 Å². The number of aromatic nitrogens is 2. The Morgan fingerprint density at radius 3 is 2.35 bits per heavy atom. The quantitative estimate of drug-likeness (QED) is 0.751. The molecule has 2 N–H and O–H groups in total. The average Bonchev–Trinajstić information content (AvgIpc) is 2.63. The topological polar surface area (TPSA) is 70.2 Å². The summed E-state index contributed by atoms with van der Waals surface area (Å²) in [6.45, 7) is 12.0. The third kappa shape index (κ3) is 5.18. The lowest BCUT2D eigenvalue weighted by Crippen LogP contribution is -2.32. The van der Waals surface area contributed by atoms with Crippen LogP contribution in [0, 0.1) is 6.92 Å². The standard InChI is InChI=1S/C20H29N5O/c1-6-14(4)21-20(26)18-13-19(23-15(5)22-18)24-16-9-11-17(12-10-16)25(7-2)8-3/h9-14H,6-8H2,1-5H3,(H,21,26)(H,22,23,24). The van der Waals surface area contributed by atoms with Crippen molar-refractivity contribution < 1.29 is 4.79 Å².